The third-order valence-electron chi connectivity index (χ3n) is 1.97. The van der Waals surface area contributed by atoms with Crippen molar-refractivity contribution in [3.05, 3.63) is 0 Å². The quantitative estimate of drug-likeness (QED) is 0.537. The van der Waals surface area contributed by atoms with Crippen molar-refractivity contribution in [1.82, 2.24) is 0 Å². The fraction of sp³-hybridized carbons (Fsp3) is 0.857. The topological polar surface area (TPSA) is 17.1 Å². The van der Waals surface area contributed by atoms with Crippen LogP contribution >= 0.6 is 11.6 Å². The SMILES string of the molecule is O=C(Cl)CC(F)(F)C(F)(F)C(F)(F)C(F)(F)C(F)(F)F. The van der Waals surface area contributed by atoms with Crippen molar-refractivity contribution in [2.24, 2.45) is 0 Å². The normalized spacial score (nSPS) is 15.4. The lowest BCUT2D eigenvalue weighted by Crippen LogP contribution is -2.66. The van der Waals surface area contributed by atoms with Gasteiger partial charge >= 0.3 is 29.9 Å². The van der Waals surface area contributed by atoms with Crippen molar-refractivity contribution in [2.45, 2.75) is 36.3 Å². The lowest BCUT2D eigenvalue weighted by atomic mass is 9.96. The van der Waals surface area contributed by atoms with E-state index in [0.717, 1.165) is 0 Å². The van der Waals surface area contributed by atoms with Gasteiger partial charge in [0.2, 0.25) is 5.24 Å². The molecule has 0 atom stereocenters. The zero-order valence-corrected chi connectivity index (χ0v) is 9.41. The van der Waals surface area contributed by atoms with Gasteiger partial charge in [-0.1, -0.05) is 0 Å². The first-order valence-electron chi connectivity index (χ1n) is 4.18. The molecule has 0 heterocycles. The molecule has 120 valence electrons. The van der Waals surface area contributed by atoms with E-state index in [0.29, 0.717) is 0 Å². The first kappa shape index (κ1) is 19.2. The Labute approximate surface area is 107 Å². The first-order valence-corrected chi connectivity index (χ1v) is 4.56. The Morgan fingerprint density at radius 2 is 1.05 bits per heavy atom. The van der Waals surface area contributed by atoms with E-state index in [4.69, 9.17) is 0 Å². The Hall–Kier alpha value is -0.810. The van der Waals surface area contributed by atoms with Crippen LogP contribution in [0.2, 0.25) is 0 Å². The molecule has 0 amide bonds. The molecule has 0 aliphatic heterocycles. The van der Waals surface area contributed by atoms with Gasteiger partial charge in [-0.25, -0.2) is 0 Å². The molecule has 0 aromatic carbocycles. The van der Waals surface area contributed by atoms with Crippen LogP contribution in [0.25, 0.3) is 0 Å². The van der Waals surface area contributed by atoms with Gasteiger partial charge in [0.05, 0.1) is 6.42 Å². The fourth-order valence-corrected chi connectivity index (χ4v) is 1.06. The van der Waals surface area contributed by atoms with Crippen LogP contribution in [0.1, 0.15) is 6.42 Å². The molecular formula is C7H2ClF11O. The average molecular weight is 347 g/mol. The zero-order chi connectivity index (χ0) is 16.8. The summed E-state index contributed by atoms with van der Waals surface area (Å²) >= 11 is 4.22. The van der Waals surface area contributed by atoms with Crippen LogP contribution in [0.5, 0.6) is 0 Å². The maximum absolute atomic E-state index is 12.7. The Morgan fingerprint density at radius 1 is 0.700 bits per heavy atom. The Morgan fingerprint density at radius 3 is 1.30 bits per heavy atom. The molecule has 0 N–H and O–H groups in total. The second kappa shape index (κ2) is 4.88. The number of hydrogen-bond acceptors (Lipinski definition) is 1. The van der Waals surface area contributed by atoms with Crippen LogP contribution < -0.4 is 0 Å². The van der Waals surface area contributed by atoms with Crippen molar-refractivity contribution in [1.29, 1.82) is 0 Å². The number of alkyl halides is 11. The molecule has 0 aliphatic rings. The highest BCUT2D eigenvalue weighted by atomic mass is 35.5. The highest BCUT2D eigenvalue weighted by molar-refractivity contribution is 6.63. The first-order chi connectivity index (χ1) is 8.42. The third-order valence-corrected chi connectivity index (χ3v) is 2.10. The van der Waals surface area contributed by atoms with E-state index in [1.807, 2.05) is 0 Å². The minimum Gasteiger partial charge on any atom is -0.281 e. The fourth-order valence-electron chi connectivity index (χ4n) is 0.890. The number of carbonyl (C=O) groups excluding carboxylic acids is 1. The van der Waals surface area contributed by atoms with Gasteiger partial charge in [-0.15, -0.1) is 0 Å². The predicted molar refractivity (Wildman–Crippen MR) is 41.3 cm³/mol. The Kier molecular flexibility index (Phi) is 4.68. The van der Waals surface area contributed by atoms with E-state index in [-0.39, 0.29) is 0 Å². The molecule has 0 saturated carbocycles. The van der Waals surface area contributed by atoms with Crippen molar-refractivity contribution in [3.8, 4) is 0 Å². The lowest BCUT2D eigenvalue weighted by Gasteiger charge is -2.36. The third kappa shape index (κ3) is 2.79. The van der Waals surface area contributed by atoms with Gasteiger partial charge in [-0.2, -0.15) is 48.3 Å². The summed E-state index contributed by atoms with van der Waals surface area (Å²) in [5, 5.41) is -2.33. The number of hydrogen-bond donors (Lipinski definition) is 0. The summed E-state index contributed by atoms with van der Waals surface area (Å²) in [4.78, 5) is 9.98. The highest BCUT2D eigenvalue weighted by Crippen LogP contribution is 2.57. The molecular weight excluding hydrogens is 345 g/mol. The Bertz CT molecular complexity index is 385. The molecule has 1 nitrogen and oxygen atoms in total. The molecule has 0 aliphatic carbocycles. The molecule has 0 radical (unpaired) electrons. The number of halogens is 12. The molecule has 0 spiro atoms. The van der Waals surface area contributed by atoms with Crippen LogP contribution in [0.3, 0.4) is 0 Å². The summed E-state index contributed by atoms with van der Waals surface area (Å²) in [6, 6.07) is 0. The molecule has 0 fully saturated rings. The van der Waals surface area contributed by atoms with Gasteiger partial charge in [0.25, 0.3) is 0 Å². The summed E-state index contributed by atoms with van der Waals surface area (Å²) < 4.78 is 135. The summed E-state index contributed by atoms with van der Waals surface area (Å²) in [5.74, 6) is -28.4. The van der Waals surface area contributed by atoms with Gasteiger partial charge in [-0.05, 0) is 11.6 Å². The van der Waals surface area contributed by atoms with Crippen LogP contribution in [0.15, 0.2) is 0 Å². The number of rotatable bonds is 5. The summed E-state index contributed by atoms with van der Waals surface area (Å²) in [6.45, 7) is 0. The van der Waals surface area contributed by atoms with Crippen molar-refractivity contribution in [3.63, 3.8) is 0 Å². The van der Waals surface area contributed by atoms with E-state index in [2.05, 4.69) is 11.6 Å². The summed E-state index contributed by atoms with van der Waals surface area (Å²) in [7, 11) is 0. The minimum atomic E-state index is -7.51. The van der Waals surface area contributed by atoms with Crippen molar-refractivity contribution >= 4 is 16.8 Å². The second-order valence-corrected chi connectivity index (χ2v) is 3.88. The highest BCUT2D eigenvalue weighted by Gasteiger charge is 2.87. The largest absolute Gasteiger partial charge is 0.460 e. The van der Waals surface area contributed by atoms with Gasteiger partial charge < -0.3 is 0 Å². The monoisotopic (exact) mass is 346 g/mol. The molecule has 13 heteroatoms. The van der Waals surface area contributed by atoms with Gasteiger partial charge in [-0.3, -0.25) is 4.79 Å². The molecule has 20 heavy (non-hydrogen) atoms. The lowest BCUT2D eigenvalue weighted by molar-refractivity contribution is -0.421. The van der Waals surface area contributed by atoms with E-state index in [1.165, 1.54) is 0 Å². The summed E-state index contributed by atoms with van der Waals surface area (Å²) in [5.41, 5.74) is 0. The smallest absolute Gasteiger partial charge is 0.281 e. The molecule has 0 bridgehead atoms. The number of carbonyl (C=O) groups is 1. The minimum absolute atomic E-state index is 2.33. The van der Waals surface area contributed by atoms with E-state index >= 15 is 0 Å². The van der Waals surface area contributed by atoms with Crippen LogP contribution in [0, 0.1) is 0 Å². The standard InChI is InChI=1S/C7H2ClF11O/c8-2(20)1-3(9,10)4(11,12)5(13,14)6(15,16)7(17,18)19/h1H2. The predicted octanol–water partition coefficient (Wildman–Crippen LogP) is 4.25. The molecule has 0 aromatic rings. The Balaban J connectivity index is 5.86. The second-order valence-electron chi connectivity index (χ2n) is 3.46. The van der Waals surface area contributed by atoms with Gasteiger partial charge in [0, 0.05) is 0 Å². The van der Waals surface area contributed by atoms with Crippen LogP contribution in [-0.2, 0) is 4.79 Å². The van der Waals surface area contributed by atoms with Crippen LogP contribution in [-0.4, -0.2) is 35.1 Å². The van der Waals surface area contributed by atoms with E-state index in [9.17, 15) is 53.1 Å². The van der Waals surface area contributed by atoms with E-state index in [1.54, 1.807) is 0 Å². The van der Waals surface area contributed by atoms with Crippen LogP contribution in [0.4, 0.5) is 48.3 Å². The molecule has 0 aromatic heterocycles. The molecule has 0 unspecified atom stereocenters. The molecule has 0 saturated heterocycles. The van der Waals surface area contributed by atoms with Gasteiger partial charge in [0.1, 0.15) is 0 Å². The van der Waals surface area contributed by atoms with Crippen molar-refractivity contribution < 1.29 is 53.1 Å². The van der Waals surface area contributed by atoms with Gasteiger partial charge in [0.15, 0.2) is 0 Å². The zero-order valence-electron chi connectivity index (χ0n) is 8.65. The molecule has 0 rings (SSSR count). The summed E-state index contributed by atoms with van der Waals surface area (Å²) in [6.07, 6.45) is -10.1. The maximum Gasteiger partial charge on any atom is 0.460 e. The van der Waals surface area contributed by atoms with Crippen molar-refractivity contribution in [2.75, 3.05) is 0 Å². The maximum atomic E-state index is 12.7. The average Bonchev–Trinajstić information content (AvgIpc) is 2.12. The van der Waals surface area contributed by atoms with E-state index < -0.39 is 41.5 Å².